The number of alkyl halides is 1. The topological polar surface area (TPSA) is 101 Å². The molecule has 104 valence electrons. The van der Waals surface area contributed by atoms with Crippen molar-refractivity contribution < 1.29 is 42.8 Å². The normalized spacial score (nSPS) is 30.7. The van der Waals surface area contributed by atoms with Gasteiger partial charge in [0.05, 0.1) is 14.2 Å². The SMILES string of the molecule is COC(=O)OC[C@H]1OC(O)[C@@H](F)[C@@H]1OC(=O)OC. The molecule has 1 rings (SSSR count). The molecule has 0 aromatic heterocycles. The van der Waals surface area contributed by atoms with E-state index in [1.165, 1.54) is 0 Å². The number of rotatable bonds is 3. The lowest BCUT2D eigenvalue weighted by Crippen LogP contribution is -2.37. The Balaban J connectivity index is 2.57. The van der Waals surface area contributed by atoms with Crippen molar-refractivity contribution >= 4 is 12.3 Å². The minimum atomic E-state index is -1.96. The monoisotopic (exact) mass is 268 g/mol. The Bertz CT molecular complexity index is 309. The summed E-state index contributed by atoms with van der Waals surface area (Å²) in [5, 5.41) is 9.15. The Labute approximate surface area is 102 Å². The second-order valence-corrected chi connectivity index (χ2v) is 3.31. The van der Waals surface area contributed by atoms with Crippen LogP contribution < -0.4 is 0 Å². The molecule has 0 radical (unpaired) electrons. The minimum absolute atomic E-state index is 0.439. The molecule has 0 aromatic carbocycles. The van der Waals surface area contributed by atoms with Crippen LogP contribution in [0.4, 0.5) is 14.0 Å². The summed E-state index contributed by atoms with van der Waals surface area (Å²) < 4.78 is 35.7. The molecule has 9 heteroatoms. The van der Waals surface area contributed by atoms with Crippen LogP contribution in [-0.2, 0) is 23.7 Å². The largest absolute Gasteiger partial charge is 0.508 e. The fraction of sp³-hybridized carbons (Fsp3) is 0.778. The van der Waals surface area contributed by atoms with E-state index in [2.05, 4.69) is 18.9 Å². The summed E-state index contributed by atoms with van der Waals surface area (Å²) in [6.07, 6.45) is -8.46. The van der Waals surface area contributed by atoms with Crippen LogP contribution in [0.1, 0.15) is 0 Å². The zero-order valence-corrected chi connectivity index (χ0v) is 9.70. The van der Waals surface area contributed by atoms with E-state index in [0.717, 1.165) is 14.2 Å². The van der Waals surface area contributed by atoms with E-state index in [4.69, 9.17) is 9.84 Å². The molecule has 1 saturated heterocycles. The zero-order chi connectivity index (χ0) is 13.7. The first-order chi connectivity index (χ1) is 8.49. The van der Waals surface area contributed by atoms with Gasteiger partial charge in [-0.15, -0.1) is 0 Å². The van der Waals surface area contributed by atoms with Gasteiger partial charge in [-0.05, 0) is 0 Å². The van der Waals surface area contributed by atoms with Crippen molar-refractivity contribution in [3.8, 4) is 0 Å². The van der Waals surface area contributed by atoms with Gasteiger partial charge in [0.15, 0.2) is 18.6 Å². The van der Waals surface area contributed by atoms with Crippen LogP contribution in [0.3, 0.4) is 0 Å². The van der Waals surface area contributed by atoms with Crippen molar-refractivity contribution in [3.63, 3.8) is 0 Å². The van der Waals surface area contributed by atoms with Gasteiger partial charge in [-0.2, -0.15) is 0 Å². The lowest BCUT2D eigenvalue weighted by Gasteiger charge is -2.18. The third-order valence-electron chi connectivity index (χ3n) is 2.20. The summed E-state index contributed by atoms with van der Waals surface area (Å²) >= 11 is 0. The van der Waals surface area contributed by atoms with Crippen LogP contribution in [-0.4, -0.2) is 62.9 Å². The molecule has 1 fully saturated rings. The van der Waals surface area contributed by atoms with Crippen LogP contribution in [0.25, 0.3) is 0 Å². The molecule has 1 unspecified atom stereocenters. The predicted octanol–water partition coefficient (Wildman–Crippen LogP) is -0.0237. The number of hydrogen-bond acceptors (Lipinski definition) is 8. The van der Waals surface area contributed by atoms with Crippen LogP contribution in [0.15, 0.2) is 0 Å². The van der Waals surface area contributed by atoms with Gasteiger partial charge in [-0.25, -0.2) is 14.0 Å². The molecular weight excluding hydrogens is 255 g/mol. The highest BCUT2D eigenvalue weighted by Crippen LogP contribution is 2.26. The molecule has 1 aliphatic heterocycles. The van der Waals surface area contributed by atoms with E-state index in [9.17, 15) is 14.0 Å². The Morgan fingerprint density at radius 2 is 1.89 bits per heavy atom. The number of ether oxygens (including phenoxy) is 5. The number of halogens is 1. The molecule has 0 aromatic rings. The summed E-state index contributed by atoms with van der Waals surface area (Å²) in [5.41, 5.74) is 0. The van der Waals surface area contributed by atoms with Crippen LogP contribution in [0, 0.1) is 0 Å². The minimum Gasteiger partial charge on any atom is -0.438 e. The molecule has 0 aliphatic carbocycles. The summed E-state index contributed by atoms with van der Waals surface area (Å²) in [7, 11) is 2.13. The third kappa shape index (κ3) is 3.44. The molecule has 18 heavy (non-hydrogen) atoms. The van der Waals surface area contributed by atoms with Gasteiger partial charge in [0.25, 0.3) is 0 Å². The summed E-state index contributed by atoms with van der Waals surface area (Å²) in [6, 6.07) is 0. The smallest absolute Gasteiger partial charge is 0.438 e. The lowest BCUT2D eigenvalue weighted by molar-refractivity contribution is -0.123. The highest BCUT2D eigenvalue weighted by Gasteiger charge is 2.48. The van der Waals surface area contributed by atoms with Crippen molar-refractivity contribution in [2.24, 2.45) is 0 Å². The van der Waals surface area contributed by atoms with E-state index < -0.39 is 43.6 Å². The van der Waals surface area contributed by atoms with Gasteiger partial charge in [-0.1, -0.05) is 0 Å². The quantitative estimate of drug-likeness (QED) is 0.712. The molecule has 0 saturated carbocycles. The number of carbonyl (C=O) groups is 2. The molecular formula is C9H13FO8. The molecule has 8 nitrogen and oxygen atoms in total. The van der Waals surface area contributed by atoms with Crippen molar-refractivity contribution in [3.05, 3.63) is 0 Å². The van der Waals surface area contributed by atoms with Gasteiger partial charge < -0.3 is 28.8 Å². The van der Waals surface area contributed by atoms with Gasteiger partial charge >= 0.3 is 12.3 Å². The maximum Gasteiger partial charge on any atom is 0.508 e. The molecule has 1 aliphatic rings. The first kappa shape index (κ1) is 14.5. The highest BCUT2D eigenvalue weighted by molar-refractivity contribution is 5.60. The molecule has 1 heterocycles. The fourth-order valence-electron chi connectivity index (χ4n) is 1.34. The number of aliphatic hydroxyl groups excluding tert-OH is 1. The third-order valence-corrected chi connectivity index (χ3v) is 2.20. The van der Waals surface area contributed by atoms with Crippen molar-refractivity contribution in [1.82, 2.24) is 0 Å². The van der Waals surface area contributed by atoms with Crippen LogP contribution in [0.5, 0.6) is 0 Å². The summed E-state index contributed by atoms with van der Waals surface area (Å²) in [4.78, 5) is 21.6. The summed E-state index contributed by atoms with van der Waals surface area (Å²) in [6.45, 7) is -0.439. The highest BCUT2D eigenvalue weighted by atomic mass is 19.1. The second-order valence-electron chi connectivity index (χ2n) is 3.31. The van der Waals surface area contributed by atoms with Crippen molar-refractivity contribution in [2.75, 3.05) is 20.8 Å². The van der Waals surface area contributed by atoms with E-state index in [-0.39, 0.29) is 0 Å². The molecule has 0 bridgehead atoms. The maximum absolute atomic E-state index is 13.5. The Morgan fingerprint density at radius 1 is 1.28 bits per heavy atom. The predicted molar refractivity (Wildman–Crippen MR) is 51.4 cm³/mol. The Kier molecular flexibility index (Phi) is 5.10. The van der Waals surface area contributed by atoms with E-state index >= 15 is 0 Å². The average molecular weight is 268 g/mol. The average Bonchev–Trinajstić information content (AvgIpc) is 2.63. The first-order valence-corrected chi connectivity index (χ1v) is 4.92. The van der Waals surface area contributed by atoms with Crippen molar-refractivity contribution in [1.29, 1.82) is 0 Å². The van der Waals surface area contributed by atoms with Gasteiger partial charge in [0, 0.05) is 0 Å². The van der Waals surface area contributed by atoms with E-state index in [0.29, 0.717) is 0 Å². The second kappa shape index (κ2) is 6.36. The maximum atomic E-state index is 13.5. The zero-order valence-electron chi connectivity index (χ0n) is 9.70. The number of aliphatic hydroxyl groups is 1. The number of hydrogen-bond donors (Lipinski definition) is 1. The Hall–Kier alpha value is -1.61. The molecule has 1 N–H and O–H groups in total. The fourth-order valence-corrected chi connectivity index (χ4v) is 1.34. The standard InChI is InChI=1S/C9H13FO8/c1-14-8(12)16-3-4-6(18-9(13)15-2)5(10)7(11)17-4/h4-7,11H,3H2,1-2H3/t4-,5+,6-,7?/m1/s1. The van der Waals surface area contributed by atoms with Gasteiger partial charge in [0.2, 0.25) is 0 Å². The van der Waals surface area contributed by atoms with E-state index in [1.807, 2.05) is 0 Å². The lowest BCUT2D eigenvalue weighted by atomic mass is 10.1. The van der Waals surface area contributed by atoms with Gasteiger partial charge in [-0.3, -0.25) is 0 Å². The summed E-state index contributed by atoms with van der Waals surface area (Å²) in [5.74, 6) is 0. The molecule has 0 amide bonds. The molecule has 4 atom stereocenters. The number of carbonyl (C=O) groups excluding carboxylic acids is 2. The van der Waals surface area contributed by atoms with Crippen LogP contribution >= 0.6 is 0 Å². The van der Waals surface area contributed by atoms with Crippen molar-refractivity contribution in [2.45, 2.75) is 24.7 Å². The van der Waals surface area contributed by atoms with Crippen LogP contribution in [0.2, 0.25) is 0 Å². The molecule has 0 spiro atoms. The first-order valence-electron chi connectivity index (χ1n) is 4.92. The Morgan fingerprint density at radius 3 is 2.44 bits per heavy atom. The number of methoxy groups -OCH3 is 2. The van der Waals surface area contributed by atoms with E-state index in [1.54, 1.807) is 0 Å². The van der Waals surface area contributed by atoms with Gasteiger partial charge in [0.1, 0.15) is 12.7 Å².